The Bertz CT molecular complexity index is 269. The molecule has 1 N–H and O–H groups in total. The lowest BCUT2D eigenvalue weighted by atomic mass is 9.79. The molecule has 98 valence electrons. The van der Waals surface area contributed by atoms with E-state index in [4.69, 9.17) is 5.11 Å². The number of aliphatic carboxylic acids is 1. The summed E-state index contributed by atoms with van der Waals surface area (Å²) in [6, 6.07) is 0.635. The van der Waals surface area contributed by atoms with Gasteiger partial charge in [0.1, 0.15) is 0 Å². The Hall–Kier alpha value is -0.570. The fraction of sp³-hybridized carbons (Fsp3) is 0.929. The van der Waals surface area contributed by atoms with Gasteiger partial charge in [0.2, 0.25) is 0 Å². The molecule has 1 saturated heterocycles. The molecule has 0 aromatic carbocycles. The van der Waals surface area contributed by atoms with Gasteiger partial charge >= 0.3 is 5.97 Å². The van der Waals surface area contributed by atoms with Crippen molar-refractivity contribution in [3.8, 4) is 0 Å². The molecule has 1 aliphatic carbocycles. The normalized spacial score (nSPS) is 40.1. The summed E-state index contributed by atoms with van der Waals surface area (Å²) in [7, 11) is 0. The molecule has 0 radical (unpaired) electrons. The predicted molar refractivity (Wildman–Crippen MR) is 67.9 cm³/mol. The zero-order valence-electron chi connectivity index (χ0n) is 11.1. The first kappa shape index (κ1) is 12.9. The molecule has 1 saturated carbocycles. The average molecular weight is 239 g/mol. The van der Waals surface area contributed by atoms with E-state index < -0.39 is 5.97 Å². The number of piperidine rings is 1. The van der Waals surface area contributed by atoms with Gasteiger partial charge in [0.25, 0.3) is 0 Å². The molecule has 0 bridgehead atoms. The molecule has 3 atom stereocenters. The second-order valence-corrected chi connectivity index (χ2v) is 6.24. The Kier molecular flexibility index (Phi) is 4.08. The summed E-state index contributed by atoms with van der Waals surface area (Å²) in [5.41, 5.74) is 0. The van der Waals surface area contributed by atoms with Crippen molar-refractivity contribution in [2.75, 3.05) is 13.1 Å². The van der Waals surface area contributed by atoms with Gasteiger partial charge in [0, 0.05) is 12.6 Å². The number of carbonyl (C=O) groups is 1. The average Bonchev–Trinajstić information content (AvgIpc) is 2.28. The third-order valence-electron chi connectivity index (χ3n) is 4.47. The predicted octanol–water partition coefficient (Wildman–Crippen LogP) is 2.61. The summed E-state index contributed by atoms with van der Waals surface area (Å²) in [5, 5.41) is 9.13. The molecule has 3 heteroatoms. The van der Waals surface area contributed by atoms with Crippen LogP contribution in [0.4, 0.5) is 0 Å². The molecular formula is C14H25NO2. The van der Waals surface area contributed by atoms with Crippen LogP contribution in [0.25, 0.3) is 0 Å². The van der Waals surface area contributed by atoms with Crippen LogP contribution in [-0.2, 0) is 4.79 Å². The van der Waals surface area contributed by atoms with E-state index in [1.165, 1.54) is 19.3 Å². The molecule has 0 aromatic rings. The second kappa shape index (κ2) is 5.38. The van der Waals surface area contributed by atoms with E-state index in [0.717, 1.165) is 37.8 Å². The molecule has 1 heterocycles. The molecular weight excluding hydrogens is 214 g/mol. The van der Waals surface area contributed by atoms with Crippen LogP contribution in [0.15, 0.2) is 0 Å². The van der Waals surface area contributed by atoms with Crippen LogP contribution in [0.2, 0.25) is 0 Å². The summed E-state index contributed by atoms with van der Waals surface area (Å²) in [5.74, 6) is 0.866. The maximum Gasteiger partial charge on any atom is 0.307 e. The van der Waals surface area contributed by atoms with E-state index in [1.807, 2.05) is 0 Å². The van der Waals surface area contributed by atoms with Crippen LogP contribution in [0.5, 0.6) is 0 Å². The van der Waals surface area contributed by atoms with Gasteiger partial charge in [-0.3, -0.25) is 9.69 Å². The van der Waals surface area contributed by atoms with Crippen molar-refractivity contribution >= 4 is 5.97 Å². The van der Waals surface area contributed by atoms with E-state index in [1.54, 1.807) is 0 Å². The SMILES string of the molecule is CC1CC(C)CC(N2CCCC(C(=O)O)C2)C1. The first-order valence-corrected chi connectivity index (χ1v) is 7.03. The highest BCUT2D eigenvalue weighted by atomic mass is 16.4. The van der Waals surface area contributed by atoms with Crippen LogP contribution in [0.1, 0.15) is 46.0 Å². The summed E-state index contributed by atoms with van der Waals surface area (Å²) in [4.78, 5) is 13.5. The molecule has 0 amide bonds. The molecule has 2 rings (SSSR count). The van der Waals surface area contributed by atoms with Gasteiger partial charge in [-0.15, -0.1) is 0 Å². The number of carboxylic acid groups (broad SMARTS) is 1. The van der Waals surface area contributed by atoms with Crippen molar-refractivity contribution in [2.24, 2.45) is 17.8 Å². The lowest BCUT2D eigenvalue weighted by molar-refractivity contribution is -0.144. The Morgan fingerprint density at radius 2 is 1.82 bits per heavy atom. The number of hydrogen-bond acceptors (Lipinski definition) is 2. The zero-order valence-corrected chi connectivity index (χ0v) is 11.1. The first-order chi connectivity index (χ1) is 8.06. The highest BCUT2D eigenvalue weighted by molar-refractivity contribution is 5.70. The third kappa shape index (κ3) is 3.21. The lowest BCUT2D eigenvalue weighted by Crippen LogP contribution is -2.47. The molecule has 0 aromatic heterocycles. The molecule has 3 nitrogen and oxygen atoms in total. The standard InChI is InChI=1S/C14H25NO2/c1-10-6-11(2)8-13(7-10)15-5-3-4-12(9-15)14(16)17/h10-13H,3-9H2,1-2H3,(H,16,17). The van der Waals surface area contributed by atoms with Gasteiger partial charge in [0.05, 0.1) is 5.92 Å². The lowest BCUT2D eigenvalue weighted by Gasteiger charge is -2.42. The van der Waals surface area contributed by atoms with Gasteiger partial charge in [-0.05, 0) is 50.5 Å². The smallest absolute Gasteiger partial charge is 0.307 e. The maximum absolute atomic E-state index is 11.1. The molecule has 2 aliphatic rings. The largest absolute Gasteiger partial charge is 0.481 e. The fourth-order valence-electron chi connectivity index (χ4n) is 3.74. The topological polar surface area (TPSA) is 40.5 Å². The van der Waals surface area contributed by atoms with E-state index in [-0.39, 0.29) is 5.92 Å². The molecule has 1 aliphatic heterocycles. The second-order valence-electron chi connectivity index (χ2n) is 6.24. The Labute approximate surface area is 104 Å². The molecule has 17 heavy (non-hydrogen) atoms. The van der Waals surface area contributed by atoms with Crippen LogP contribution >= 0.6 is 0 Å². The number of hydrogen-bond donors (Lipinski definition) is 1. The third-order valence-corrected chi connectivity index (χ3v) is 4.47. The summed E-state index contributed by atoms with van der Waals surface area (Å²) in [6.45, 7) is 6.55. The van der Waals surface area contributed by atoms with Gasteiger partial charge in [0.15, 0.2) is 0 Å². The van der Waals surface area contributed by atoms with Crippen molar-refractivity contribution in [1.82, 2.24) is 4.90 Å². The van der Waals surface area contributed by atoms with Crippen molar-refractivity contribution in [1.29, 1.82) is 0 Å². The van der Waals surface area contributed by atoms with E-state index >= 15 is 0 Å². The minimum Gasteiger partial charge on any atom is -0.481 e. The van der Waals surface area contributed by atoms with Crippen molar-refractivity contribution in [3.63, 3.8) is 0 Å². The molecule has 2 fully saturated rings. The van der Waals surface area contributed by atoms with Crippen LogP contribution in [0.3, 0.4) is 0 Å². The highest BCUT2D eigenvalue weighted by Crippen LogP contribution is 2.33. The number of rotatable bonds is 2. The monoisotopic (exact) mass is 239 g/mol. The van der Waals surface area contributed by atoms with Crippen molar-refractivity contribution in [2.45, 2.75) is 52.0 Å². The van der Waals surface area contributed by atoms with E-state index in [9.17, 15) is 4.79 Å². The number of carboxylic acids is 1. The fourth-order valence-corrected chi connectivity index (χ4v) is 3.74. The number of likely N-dealkylation sites (tertiary alicyclic amines) is 1. The zero-order chi connectivity index (χ0) is 12.4. The van der Waals surface area contributed by atoms with E-state index in [2.05, 4.69) is 18.7 Å². The van der Waals surface area contributed by atoms with Gasteiger partial charge < -0.3 is 5.11 Å². The molecule has 3 unspecified atom stereocenters. The summed E-state index contributed by atoms with van der Waals surface area (Å²) < 4.78 is 0. The quantitative estimate of drug-likeness (QED) is 0.805. The van der Waals surface area contributed by atoms with Crippen molar-refractivity contribution < 1.29 is 9.90 Å². The Morgan fingerprint density at radius 3 is 2.41 bits per heavy atom. The van der Waals surface area contributed by atoms with Crippen LogP contribution in [0, 0.1) is 17.8 Å². The summed E-state index contributed by atoms with van der Waals surface area (Å²) in [6.07, 6.45) is 5.78. The Balaban J connectivity index is 1.94. The van der Waals surface area contributed by atoms with Crippen LogP contribution in [-0.4, -0.2) is 35.1 Å². The minimum atomic E-state index is -0.605. The molecule has 0 spiro atoms. The van der Waals surface area contributed by atoms with Crippen molar-refractivity contribution in [3.05, 3.63) is 0 Å². The van der Waals surface area contributed by atoms with Crippen LogP contribution < -0.4 is 0 Å². The number of nitrogens with zero attached hydrogens (tertiary/aromatic N) is 1. The van der Waals surface area contributed by atoms with Gasteiger partial charge in [-0.2, -0.15) is 0 Å². The highest BCUT2D eigenvalue weighted by Gasteiger charge is 2.33. The summed E-state index contributed by atoms with van der Waals surface area (Å²) >= 11 is 0. The van der Waals surface area contributed by atoms with Gasteiger partial charge in [-0.25, -0.2) is 0 Å². The maximum atomic E-state index is 11.1. The minimum absolute atomic E-state index is 0.128. The first-order valence-electron chi connectivity index (χ1n) is 7.03. The van der Waals surface area contributed by atoms with Gasteiger partial charge in [-0.1, -0.05) is 13.8 Å². The Morgan fingerprint density at radius 1 is 1.18 bits per heavy atom. The van der Waals surface area contributed by atoms with E-state index in [0.29, 0.717) is 6.04 Å².